The number of sulfonamides is 1. The van der Waals surface area contributed by atoms with E-state index in [-0.39, 0.29) is 17.2 Å². The first kappa shape index (κ1) is 25.2. The molecule has 2 N–H and O–H groups in total. The second-order valence-corrected chi connectivity index (χ2v) is 9.68. The molecular formula is C24H33N3O5S. The van der Waals surface area contributed by atoms with Gasteiger partial charge in [-0.3, -0.25) is 9.69 Å². The molecule has 180 valence electrons. The second kappa shape index (κ2) is 12.1. The minimum absolute atomic E-state index is 0.0997. The number of amides is 1. The number of morpholine rings is 1. The Balaban J connectivity index is 1.71. The highest BCUT2D eigenvalue weighted by molar-refractivity contribution is 7.89. The minimum Gasteiger partial charge on any atom is -0.494 e. The molecule has 0 aliphatic carbocycles. The van der Waals surface area contributed by atoms with Gasteiger partial charge in [-0.2, -0.15) is 4.72 Å². The molecule has 33 heavy (non-hydrogen) atoms. The lowest BCUT2D eigenvalue weighted by atomic mass is 10.1. The molecule has 3 rings (SSSR count). The van der Waals surface area contributed by atoms with Crippen LogP contribution in [0.25, 0.3) is 0 Å². The average Bonchev–Trinajstić information content (AvgIpc) is 2.81. The van der Waals surface area contributed by atoms with Crippen molar-refractivity contribution < 1.29 is 22.7 Å². The Morgan fingerprint density at radius 3 is 2.55 bits per heavy atom. The van der Waals surface area contributed by atoms with Crippen LogP contribution in [0, 0.1) is 6.92 Å². The fraction of sp³-hybridized carbons (Fsp3) is 0.458. The summed E-state index contributed by atoms with van der Waals surface area (Å²) in [7, 11) is -3.92. The number of benzene rings is 2. The quantitative estimate of drug-likeness (QED) is 0.514. The zero-order valence-electron chi connectivity index (χ0n) is 19.2. The Labute approximate surface area is 196 Å². The Morgan fingerprint density at radius 2 is 1.88 bits per heavy atom. The molecule has 1 heterocycles. The third-order valence-electron chi connectivity index (χ3n) is 5.48. The van der Waals surface area contributed by atoms with Gasteiger partial charge in [0.2, 0.25) is 15.9 Å². The monoisotopic (exact) mass is 475 g/mol. The number of nitrogens with zero attached hydrogens (tertiary/aromatic N) is 1. The lowest BCUT2D eigenvalue weighted by Crippen LogP contribution is -2.49. The maximum absolute atomic E-state index is 13.1. The standard InChI is InChI=1S/C24H33N3O5S/c1-3-32-23-10-9-21(17-19(23)2)33(29,30)26-22(18-20-7-5-4-6-8-20)24(28)25-11-12-27-13-15-31-16-14-27/h4-10,17,22,26H,3,11-16,18H2,1-2H3,(H,25,28)/t22-/m1/s1. The Hall–Kier alpha value is -2.46. The molecule has 2 aromatic carbocycles. The summed E-state index contributed by atoms with van der Waals surface area (Å²) in [5, 5.41) is 2.89. The van der Waals surface area contributed by atoms with E-state index in [2.05, 4.69) is 14.9 Å². The molecule has 0 aromatic heterocycles. The van der Waals surface area contributed by atoms with E-state index >= 15 is 0 Å². The fourth-order valence-corrected chi connectivity index (χ4v) is 4.96. The SMILES string of the molecule is CCOc1ccc(S(=O)(=O)N[C@H](Cc2ccccc2)C(=O)NCCN2CCOCC2)cc1C. The molecule has 0 bridgehead atoms. The predicted molar refractivity (Wildman–Crippen MR) is 127 cm³/mol. The van der Waals surface area contributed by atoms with E-state index < -0.39 is 16.1 Å². The van der Waals surface area contributed by atoms with E-state index in [4.69, 9.17) is 9.47 Å². The van der Waals surface area contributed by atoms with E-state index in [1.807, 2.05) is 37.3 Å². The van der Waals surface area contributed by atoms with Crippen molar-refractivity contribution >= 4 is 15.9 Å². The largest absolute Gasteiger partial charge is 0.494 e. The number of carbonyl (C=O) groups is 1. The molecule has 1 amide bonds. The molecule has 1 atom stereocenters. The molecule has 2 aromatic rings. The van der Waals surface area contributed by atoms with Crippen LogP contribution in [0.1, 0.15) is 18.1 Å². The van der Waals surface area contributed by atoms with Crippen LogP contribution in [0.2, 0.25) is 0 Å². The van der Waals surface area contributed by atoms with Gasteiger partial charge in [0.05, 0.1) is 24.7 Å². The molecule has 0 spiro atoms. The Kier molecular flexibility index (Phi) is 9.25. The van der Waals surface area contributed by atoms with Gasteiger partial charge in [-0.05, 0) is 49.6 Å². The van der Waals surface area contributed by atoms with Crippen molar-refractivity contribution in [1.29, 1.82) is 0 Å². The van der Waals surface area contributed by atoms with Crippen molar-refractivity contribution in [1.82, 2.24) is 14.9 Å². The van der Waals surface area contributed by atoms with Crippen LogP contribution in [-0.4, -0.2) is 71.3 Å². The summed E-state index contributed by atoms with van der Waals surface area (Å²) in [6, 6.07) is 13.1. The average molecular weight is 476 g/mol. The lowest BCUT2D eigenvalue weighted by molar-refractivity contribution is -0.122. The van der Waals surface area contributed by atoms with Crippen LogP contribution in [0.5, 0.6) is 5.75 Å². The summed E-state index contributed by atoms with van der Waals surface area (Å²) in [6.45, 7) is 8.32. The number of carbonyl (C=O) groups excluding carboxylic acids is 1. The topological polar surface area (TPSA) is 97.0 Å². The summed E-state index contributed by atoms with van der Waals surface area (Å²) in [5.41, 5.74) is 1.59. The van der Waals surface area contributed by atoms with E-state index in [0.29, 0.717) is 44.2 Å². The van der Waals surface area contributed by atoms with Gasteiger partial charge in [0.1, 0.15) is 11.8 Å². The number of ether oxygens (including phenoxy) is 2. The Bertz CT molecular complexity index is 1010. The van der Waals surface area contributed by atoms with Gasteiger partial charge in [-0.1, -0.05) is 30.3 Å². The maximum Gasteiger partial charge on any atom is 0.241 e. The van der Waals surface area contributed by atoms with Crippen LogP contribution in [0.15, 0.2) is 53.4 Å². The number of nitrogens with one attached hydrogen (secondary N) is 2. The number of aryl methyl sites for hydroxylation is 1. The van der Waals surface area contributed by atoms with Crippen molar-refractivity contribution in [3.8, 4) is 5.75 Å². The number of hydrogen-bond acceptors (Lipinski definition) is 6. The number of rotatable bonds is 11. The molecule has 1 aliphatic rings. The number of hydrogen-bond donors (Lipinski definition) is 2. The second-order valence-electron chi connectivity index (χ2n) is 7.97. The minimum atomic E-state index is -3.92. The molecule has 0 radical (unpaired) electrons. The lowest BCUT2D eigenvalue weighted by Gasteiger charge is -2.27. The van der Waals surface area contributed by atoms with Gasteiger partial charge in [-0.25, -0.2) is 8.42 Å². The first-order chi connectivity index (χ1) is 15.9. The highest BCUT2D eigenvalue weighted by Crippen LogP contribution is 2.22. The van der Waals surface area contributed by atoms with Crippen LogP contribution in [0.4, 0.5) is 0 Å². The molecule has 1 aliphatic heterocycles. The van der Waals surface area contributed by atoms with Crippen LogP contribution < -0.4 is 14.8 Å². The summed E-state index contributed by atoms with van der Waals surface area (Å²) in [4.78, 5) is 15.3. The fourth-order valence-electron chi connectivity index (χ4n) is 3.68. The molecule has 0 saturated carbocycles. The summed E-state index contributed by atoms with van der Waals surface area (Å²) in [5.74, 6) is 0.288. The van der Waals surface area contributed by atoms with Crippen molar-refractivity contribution in [2.75, 3.05) is 46.0 Å². The van der Waals surface area contributed by atoms with Crippen molar-refractivity contribution in [3.63, 3.8) is 0 Å². The normalized spacial score (nSPS) is 15.7. The van der Waals surface area contributed by atoms with E-state index in [1.165, 1.54) is 6.07 Å². The van der Waals surface area contributed by atoms with E-state index in [1.54, 1.807) is 19.1 Å². The van der Waals surface area contributed by atoms with E-state index in [9.17, 15) is 13.2 Å². The van der Waals surface area contributed by atoms with Crippen LogP contribution in [-0.2, 0) is 26.0 Å². The van der Waals surface area contributed by atoms with Crippen LogP contribution in [0.3, 0.4) is 0 Å². The van der Waals surface area contributed by atoms with Gasteiger partial charge in [-0.15, -0.1) is 0 Å². The van der Waals surface area contributed by atoms with Gasteiger partial charge in [0.25, 0.3) is 0 Å². The molecule has 1 fully saturated rings. The van der Waals surface area contributed by atoms with Crippen molar-refractivity contribution in [2.24, 2.45) is 0 Å². The van der Waals surface area contributed by atoms with Gasteiger partial charge in [0, 0.05) is 26.2 Å². The third kappa shape index (κ3) is 7.53. The summed E-state index contributed by atoms with van der Waals surface area (Å²) >= 11 is 0. The van der Waals surface area contributed by atoms with Gasteiger partial charge in [0.15, 0.2) is 0 Å². The highest BCUT2D eigenvalue weighted by Gasteiger charge is 2.26. The van der Waals surface area contributed by atoms with Crippen LogP contribution >= 0.6 is 0 Å². The van der Waals surface area contributed by atoms with E-state index in [0.717, 1.165) is 18.7 Å². The smallest absolute Gasteiger partial charge is 0.241 e. The third-order valence-corrected chi connectivity index (χ3v) is 6.95. The molecule has 8 nitrogen and oxygen atoms in total. The summed E-state index contributed by atoms with van der Waals surface area (Å²) in [6.07, 6.45) is 0.249. The molecule has 0 unspecified atom stereocenters. The summed E-state index contributed by atoms with van der Waals surface area (Å²) < 4.78 is 39.7. The first-order valence-corrected chi connectivity index (χ1v) is 12.7. The van der Waals surface area contributed by atoms with Gasteiger partial charge < -0.3 is 14.8 Å². The Morgan fingerprint density at radius 1 is 1.15 bits per heavy atom. The highest BCUT2D eigenvalue weighted by atomic mass is 32.2. The van der Waals surface area contributed by atoms with Crippen molar-refractivity contribution in [3.05, 3.63) is 59.7 Å². The molecule has 9 heteroatoms. The first-order valence-electron chi connectivity index (χ1n) is 11.3. The molecular weight excluding hydrogens is 442 g/mol. The predicted octanol–water partition coefficient (Wildman–Crippen LogP) is 1.73. The maximum atomic E-state index is 13.1. The van der Waals surface area contributed by atoms with Gasteiger partial charge >= 0.3 is 0 Å². The van der Waals surface area contributed by atoms with Crippen molar-refractivity contribution in [2.45, 2.75) is 31.2 Å². The zero-order valence-corrected chi connectivity index (χ0v) is 20.1. The zero-order chi connectivity index (χ0) is 23.7. The molecule has 1 saturated heterocycles.